The summed E-state index contributed by atoms with van der Waals surface area (Å²) in [7, 11) is -4.00. The fourth-order valence-electron chi connectivity index (χ4n) is 2.61. The molecule has 0 aliphatic carbocycles. The number of nitrogens with one attached hydrogen (secondary N) is 2. The summed E-state index contributed by atoms with van der Waals surface area (Å²) in [5, 5.41) is 2.32. The van der Waals surface area contributed by atoms with Crippen LogP contribution in [0.15, 0.2) is 53.4 Å². The Balaban J connectivity index is 2.17. The zero-order valence-electron chi connectivity index (χ0n) is 15.9. The molecule has 0 aliphatic rings. The van der Waals surface area contributed by atoms with Crippen molar-refractivity contribution in [2.75, 3.05) is 12.0 Å². The molecule has 0 bridgehead atoms. The molecule has 5 nitrogen and oxygen atoms in total. The molecule has 0 aromatic heterocycles. The number of carbonyl (C=O) groups is 1. The van der Waals surface area contributed by atoms with Crippen molar-refractivity contribution in [2.24, 2.45) is 0 Å². The number of thioether (sulfide) groups is 1. The standard InChI is InChI=1S/C19H20F4N2O3S2/c1-29-10-9-17(25-30(27,28)15-5-3-2-4-6-15)18(26)24-12-13-7-8-14(20)11-16(13)19(21,22)23/h2-8,11,17,25H,9-10,12H2,1H3,(H,24,26). The Hall–Kier alpha value is -2.11. The fraction of sp³-hybridized carbons (Fsp3) is 0.316. The topological polar surface area (TPSA) is 75.3 Å². The van der Waals surface area contributed by atoms with E-state index in [1.807, 2.05) is 0 Å². The quantitative estimate of drug-likeness (QED) is 0.557. The maximum atomic E-state index is 13.2. The average molecular weight is 465 g/mol. The van der Waals surface area contributed by atoms with Gasteiger partial charge in [0.25, 0.3) is 0 Å². The Labute approximate surface area is 176 Å². The fourth-order valence-corrected chi connectivity index (χ4v) is 4.33. The van der Waals surface area contributed by atoms with Crippen molar-refractivity contribution in [1.29, 1.82) is 0 Å². The van der Waals surface area contributed by atoms with E-state index in [-0.39, 0.29) is 16.9 Å². The van der Waals surface area contributed by atoms with Crippen LogP contribution in [0.25, 0.3) is 0 Å². The normalized spacial score (nSPS) is 13.1. The summed E-state index contributed by atoms with van der Waals surface area (Å²) in [5.41, 5.74) is -1.53. The summed E-state index contributed by atoms with van der Waals surface area (Å²) in [6, 6.07) is 8.38. The minimum atomic E-state index is -4.80. The Morgan fingerprint density at radius 3 is 2.40 bits per heavy atom. The third-order valence-corrected chi connectivity index (χ3v) is 6.24. The van der Waals surface area contributed by atoms with Crippen LogP contribution in [-0.2, 0) is 27.5 Å². The van der Waals surface area contributed by atoms with Gasteiger partial charge in [-0.15, -0.1) is 0 Å². The molecule has 1 amide bonds. The number of halogens is 4. The zero-order valence-corrected chi connectivity index (χ0v) is 17.5. The van der Waals surface area contributed by atoms with Crippen LogP contribution in [0, 0.1) is 5.82 Å². The van der Waals surface area contributed by atoms with Crippen molar-refractivity contribution >= 4 is 27.7 Å². The van der Waals surface area contributed by atoms with E-state index in [4.69, 9.17) is 0 Å². The molecule has 0 aliphatic heterocycles. The predicted octanol–water partition coefficient (Wildman–Crippen LogP) is 3.56. The number of hydrogen-bond donors (Lipinski definition) is 2. The van der Waals surface area contributed by atoms with Crippen LogP contribution >= 0.6 is 11.8 Å². The number of sulfonamides is 1. The number of rotatable bonds is 9. The van der Waals surface area contributed by atoms with Gasteiger partial charge in [0.2, 0.25) is 15.9 Å². The lowest BCUT2D eigenvalue weighted by Gasteiger charge is -2.19. The molecule has 0 saturated heterocycles. The van der Waals surface area contributed by atoms with Crippen molar-refractivity contribution in [3.63, 3.8) is 0 Å². The number of alkyl halides is 3. The van der Waals surface area contributed by atoms with Gasteiger partial charge in [0.05, 0.1) is 10.5 Å². The van der Waals surface area contributed by atoms with Crippen LogP contribution in [0.5, 0.6) is 0 Å². The molecule has 1 unspecified atom stereocenters. The summed E-state index contributed by atoms with van der Waals surface area (Å²) in [6.45, 7) is -0.531. The Morgan fingerprint density at radius 1 is 1.13 bits per heavy atom. The van der Waals surface area contributed by atoms with Crippen LogP contribution in [0.3, 0.4) is 0 Å². The highest BCUT2D eigenvalue weighted by Crippen LogP contribution is 2.32. The molecule has 30 heavy (non-hydrogen) atoms. The number of benzene rings is 2. The third-order valence-electron chi connectivity index (χ3n) is 4.11. The minimum Gasteiger partial charge on any atom is -0.351 e. The van der Waals surface area contributed by atoms with E-state index >= 15 is 0 Å². The largest absolute Gasteiger partial charge is 0.416 e. The number of hydrogen-bond acceptors (Lipinski definition) is 4. The van der Waals surface area contributed by atoms with E-state index in [0.717, 1.165) is 12.1 Å². The van der Waals surface area contributed by atoms with Crippen LogP contribution in [-0.4, -0.2) is 32.4 Å². The SMILES string of the molecule is CSCCC(NS(=O)(=O)c1ccccc1)C(=O)NCc1ccc(F)cc1C(F)(F)F. The summed E-state index contributed by atoms with van der Waals surface area (Å²) in [6.07, 6.45) is -2.89. The van der Waals surface area contributed by atoms with Crippen LogP contribution in [0.2, 0.25) is 0 Å². The van der Waals surface area contributed by atoms with Gasteiger partial charge in [0, 0.05) is 6.54 Å². The molecule has 2 rings (SSSR count). The van der Waals surface area contributed by atoms with Gasteiger partial charge in [-0.2, -0.15) is 29.7 Å². The second kappa shape index (κ2) is 10.3. The van der Waals surface area contributed by atoms with Crippen LogP contribution in [0.4, 0.5) is 17.6 Å². The van der Waals surface area contributed by atoms with Gasteiger partial charge in [-0.05, 0) is 48.3 Å². The van der Waals surface area contributed by atoms with E-state index in [1.165, 1.54) is 36.0 Å². The van der Waals surface area contributed by atoms with E-state index in [9.17, 15) is 30.8 Å². The van der Waals surface area contributed by atoms with E-state index in [0.29, 0.717) is 11.8 Å². The molecule has 11 heteroatoms. The van der Waals surface area contributed by atoms with Crippen molar-refractivity contribution in [3.05, 3.63) is 65.5 Å². The minimum absolute atomic E-state index is 0.0372. The van der Waals surface area contributed by atoms with Crippen molar-refractivity contribution in [2.45, 2.75) is 30.1 Å². The Morgan fingerprint density at radius 2 is 1.80 bits per heavy atom. The summed E-state index contributed by atoms with van der Waals surface area (Å²) in [4.78, 5) is 12.5. The molecule has 2 N–H and O–H groups in total. The first-order chi connectivity index (χ1) is 14.0. The summed E-state index contributed by atoms with van der Waals surface area (Å²) in [5.74, 6) is -1.38. The van der Waals surface area contributed by atoms with Gasteiger partial charge in [-0.25, -0.2) is 12.8 Å². The first-order valence-electron chi connectivity index (χ1n) is 8.74. The molecule has 2 aromatic carbocycles. The number of carbonyl (C=O) groups excluding carboxylic acids is 1. The van der Waals surface area contributed by atoms with Crippen molar-refractivity contribution < 1.29 is 30.8 Å². The summed E-state index contributed by atoms with van der Waals surface area (Å²) >= 11 is 1.39. The van der Waals surface area contributed by atoms with Gasteiger partial charge >= 0.3 is 6.18 Å². The van der Waals surface area contributed by atoms with Gasteiger partial charge in [-0.3, -0.25) is 4.79 Å². The van der Waals surface area contributed by atoms with E-state index in [2.05, 4.69) is 10.0 Å². The van der Waals surface area contributed by atoms with Gasteiger partial charge in [-0.1, -0.05) is 24.3 Å². The monoisotopic (exact) mass is 464 g/mol. The molecule has 0 fully saturated rings. The third kappa shape index (κ3) is 6.71. The zero-order chi connectivity index (χ0) is 22.4. The lowest BCUT2D eigenvalue weighted by Crippen LogP contribution is -2.46. The lowest BCUT2D eigenvalue weighted by molar-refractivity contribution is -0.138. The van der Waals surface area contributed by atoms with E-state index < -0.39 is 46.1 Å². The first-order valence-corrected chi connectivity index (χ1v) is 11.6. The molecule has 2 aromatic rings. The van der Waals surface area contributed by atoms with Gasteiger partial charge in [0.15, 0.2) is 0 Å². The molecule has 0 saturated carbocycles. The number of amides is 1. The Kier molecular flexibility index (Phi) is 8.27. The molecule has 0 radical (unpaired) electrons. The molecule has 0 spiro atoms. The predicted molar refractivity (Wildman–Crippen MR) is 107 cm³/mol. The average Bonchev–Trinajstić information content (AvgIpc) is 2.69. The Bertz CT molecular complexity index is 967. The van der Waals surface area contributed by atoms with Crippen molar-refractivity contribution in [3.8, 4) is 0 Å². The molecular formula is C19H20F4N2O3S2. The van der Waals surface area contributed by atoms with Crippen LogP contribution < -0.4 is 10.0 Å². The maximum Gasteiger partial charge on any atom is 0.416 e. The van der Waals surface area contributed by atoms with Crippen molar-refractivity contribution in [1.82, 2.24) is 10.0 Å². The second-order valence-electron chi connectivity index (χ2n) is 6.29. The second-order valence-corrected chi connectivity index (χ2v) is 8.99. The summed E-state index contributed by atoms with van der Waals surface area (Å²) < 4.78 is 79.9. The first kappa shape index (κ1) is 24.2. The molecule has 1 atom stereocenters. The smallest absolute Gasteiger partial charge is 0.351 e. The van der Waals surface area contributed by atoms with Gasteiger partial charge < -0.3 is 5.32 Å². The highest BCUT2D eigenvalue weighted by molar-refractivity contribution is 7.98. The molecule has 164 valence electrons. The molecule has 0 heterocycles. The maximum absolute atomic E-state index is 13.2. The highest BCUT2D eigenvalue weighted by Gasteiger charge is 2.34. The highest BCUT2D eigenvalue weighted by atomic mass is 32.2. The molecular weight excluding hydrogens is 444 g/mol. The van der Waals surface area contributed by atoms with E-state index in [1.54, 1.807) is 12.3 Å². The van der Waals surface area contributed by atoms with Crippen LogP contribution in [0.1, 0.15) is 17.5 Å². The lowest BCUT2D eigenvalue weighted by atomic mass is 10.1. The van der Waals surface area contributed by atoms with Gasteiger partial charge in [0.1, 0.15) is 11.9 Å².